The molecule has 1 aliphatic heterocycles. The third-order valence-corrected chi connectivity index (χ3v) is 4.44. The van der Waals surface area contributed by atoms with Gasteiger partial charge in [-0.2, -0.15) is 0 Å². The molecule has 1 aromatic heterocycles. The van der Waals surface area contributed by atoms with Crippen LogP contribution in [0.4, 0.5) is 0 Å². The van der Waals surface area contributed by atoms with E-state index < -0.39 is 0 Å². The summed E-state index contributed by atoms with van der Waals surface area (Å²) in [6.45, 7) is 4.34. The number of amides is 1. The minimum atomic E-state index is 0.161. The lowest BCUT2D eigenvalue weighted by molar-refractivity contribution is -0.132. The van der Waals surface area contributed by atoms with E-state index in [1.807, 2.05) is 35.2 Å². The van der Waals surface area contributed by atoms with Gasteiger partial charge in [-0.1, -0.05) is 23.8 Å². The Bertz CT molecular complexity index is 655. The maximum atomic E-state index is 12.5. The molecule has 1 amide bonds. The summed E-state index contributed by atoms with van der Waals surface area (Å²) in [6, 6.07) is 13.8. The number of benzene rings is 1. The van der Waals surface area contributed by atoms with Crippen molar-refractivity contribution in [1.82, 2.24) is 9.88 Å². The molecule has 0 saturated carbocycles. The Hall–Kier alpha value is -2.36. The molecule has 24 heavy (non-hydrogen) atoms. The predicted molar refractivity (Wildman–Crippen MR) is 93.9 cm³/mol. The molecule has 1 atom stereocenters. The van der Waals surface area contributed by atoms with Gasteiger partial charge in [-0.25, -0.2) is 0 Å². The van der Waals surface area contributed by atoms with Gasteiger partial charge >= 0.3 is 0 Å². The lowest BCUT2D eigenvalue weighted by Crippen LogP contribution is -2.42. The Morgan fingerprint density at radius 3 is 2.83 bits per heavy atom. The highest BCUT2D eigenvalue weighted by Gasteiger charge is 2.24. The molecule has 0 aliphatic carbocycles. The molecule has 4 nitrogen and oxygen atoms in total. The van der Waals surface area contributed by atoms with E-state index in [9.17, 15) is 4.79 Å². The Balaban J connectivity index is 1.50. The maximum absolute atomic E-state index is 12.5. The molecule has 0 radical (unpaired) electrons. The van der Waals surface area contributed by atoms with Crippen LogP contribution in [-0.4, -0.2) is 35.5 Å². The summed E-state index contributed by atoms with van der Waals surface area (Å²) in [4.78, 5) is 18.7. The van der Waals surface area contributed by atoms with Gasteiger partial charge in [0.1, 0.15) is 5.75 Å². The lowest BCUT2D eigenvalue weighted by atomic mass is 9.98. The van der Waals surface area contributed by atoms with Gasteiger partial charge in [0.2, 0.25) is 5.91 Å². The van der Waals surface area contributed by atoms with Crippen molar-refractivity contribution in [2.75, 3.05) is 19.7 Å². The fourth-order valence-electron chi connectivity index (χ4n) is 3.05. The smallest absolute Gasteiger partial charge is 0.228 e. The van der Waals surface area contributed by atoms with E-state index in [0.717, 1.165) is 37.4 Å². The number of pyridine rings is 1. The van der Waals surface area contributed by atoms with Crippen molar-refractivity contribution in [3.63, 3.8) is 0 Å². The molecule has 4 heteroatoms. The van der Waals surface area contributed by atoms with E-state index in [-0.39, 0.29) is 5.91 Å². The summed E-state index contributed by atoms with van der Waals surface area (Å²) < 4.78 is 5.90. The third-order valence-electron chi connectivity index (χ3n) is 4.44. The lowest BCUT2D eigenvalue weighted by Gasteiger charge is -2.32. The van der Waals surface area contributed by atoms with Crippen molar-refractivity contribution in [1.29, 1.82) is 0 Å². The first-order valence-corrected chi connectivity index (χ1v) is 8.58. The minimum Gasteiger partial charge on any atom is -0.493 e. The fraction of sp³-hybridized carbons (Fsp3) is 0.400. The fourth-order valence-corrected chi connectivity index (χ4v) is 3.05. The van der Waals surface area contributed by atoms with Crippen LogP contribution in [0.5, 0.6) is 5.75 Å². The molecule has 0 spiro atoms. The number of rotatable bonds is 5. The number of nitrogens with zero attached hydrogens (tertiary/aromatic N) is 2. The molecule has 2 aromatic rings. The Morgan fingerprint density at radius 1 is 1.25 bits per heavy atom. The van der Waals surface area contributed by atoms with Crippen LogP contribution < -0.4 is 4.74 Å². The number of carbonyl (C=O) groups excluding carboxylic acids is 1. The van der Waals surface area contributed by atoms with Crippen molar-refractivity contribution in [3.8, 4) is 5.75 Å². The Morgan fingerprint density at radius 2 is 2.08 bits per heavy atom. The van der Waals surface area contributed by atoms with Crippen molar-refractivity contribution < 1.29 is 9.53 Å². The van der Waals surface area contributed by atoms with E-state index in [4.69, 9.17) is 4.74 Å². The van der Waals surface area contributed by atoms with Crippen molar-refractivity contribution in [3.05, 3.63) is 59.9 Å². The second-order valence-electron chi connectivity index (χ2n) is 6.47. The molecule has 126 valence electrons. The van der Waals surface area contributed by atoms with Gasteiger partial charge in [-0.05, 0) is 44.0 Å². The van der Waals surface area contributed by atoms with Gasteiger partial charge in [0.25, 0.3) is 0 Å². The second kappa shape index (κ2) is 7.95. The molecule has 1 aromatic carbocycles. The first-order chi connectivity index (χ1) is 11.7. The van der Waals surface area contributed by atoms with Crippen molar-refractivity contribution >= 4 is 5.91 Å². The molecule has 0 bridgehead atoms. The van der Waals surface area contributed by atoms with Gasteiger partial charge in [0, 0.05) is 30.9 Å². The third kappa shape index (κ3) is 4.57. The number of aromatic nitrogens is 1. The molecule has 1 aliphatic rings. The number of aryl methyl sites for hydroxylation is 1. The SMILES string of the molecule is Cc1ccc(OC[C@H]2CCCN(C(=O)Cc3ccccn3)C2)cc1. The van der Waals surface area contributed by atoms with Gasteiger partial charge in [0.05, 0.1) is 13.0 Å². The zero-order valence-corrected chi connectivity index (χ0v) is 14.1. The number of ether oxygens (including phenoxy) is 1. The van der Waals surface area contributed by atoms with E-state index >= 15 is 0 Å². The van der Waals surface area contributed by atoms with Gasteiger partial charge in [-0.15, -0.1) is 0 Å². The molecular weight excluding hydrogens is 300 g/mol. The molecule has 1 fully saturated rings. The molecule has 2 heterocycles. The highest BCUT2D eigenvalue weighted by Crippen LogP contribution is 2.20. The monoisotopic (exact) mass is 324 g/mol. The maximum Gasteiger partial charge on any atom is 0.228 e. The normalized spacial score (nSPS) is 17.5. The number of piperidine rings is 1. The highest BCUT2D eigenvalue weighted by molar-refractivity contribution is 5.78. The van der Waals surface area contributed by atoms with Crippen molar-refractivity contribution in [2.24, 2.45) is 5.92 Å². The van der Waals surface area contributed by atoms with E-state index in [1.54, 1.807) is 6.20 Å². The molecule has 0 unspecified atom stereocenters. The summed E-state index contributed by atoms with van der Waals surface area (Å²) >= 11 is 0. The standard InChI is InChI=1S/C20H24N2O2/c1-16-7-9-19(10-8-16)24-15-17-5-4-12-22(14-17)20(23)13-18-6-2-3-11-21-18/h2-3,6-11,17H,4-5,12-15H2,1H3/t17-/m0/s1. The summed E-state index contributed by atoms with van der Waals surface area (Å²) in [6.07, 6.45) is 4.26. The van der Waals surface area contributed by atoms with Crippen LogP contribution in [0, 0.1) is 12.8 Å². The first-order valence-electron chi connectivity index (χ1n) is 8.58. The zero-order valence-electron chi connectivity index (χ0n) is 14.1. The van der Waals surface area contributed by atoms with Crippen LogP contribution in [0.3, 0.4) is 0 Å². The first kappa shape index (κ1) is 16.5. The van der Waals surface area contributed by atoms with Crippen LogP contribution >= 0.6 is 0 Å². The van der Waals surface area contributed by atoms with Gasteiger partial charge in [0.15, 0.2) is 0 Å². The summed E-state index contributed by atoms with van der Waals surface area (Å²) in [5, 5.41) is 0. The highest BCUT2D eigenvalue weighted by atomic mass is 16.5. The predicted octanol–water partition coefficient (Wildman–Crippen LogP) is 3.25. The minimum absolute atomic E-state index is 0.161. The van der Waals surface area contributed by atoms with Crippen LogP contribution in [0.1, 0.15) is 24.1 Å². The average molecular weight is 324 g/mol. The number of hydrogen-bond donors (Lipinski definition) is 0. The number of likely N-dealkylation sites (tertiary alicyclic amines) is 1. The van der Waals surface area contributed by atoms with Gasteiger partial charge < -0.3 is 9.64 Å². The molecule has 1 saturated heterocycles. The van der Waals surface area contributed by atoms with Crippen LogP contribution in [0.25, 0.3) is 0 Å². The quantitative estimate of drug-likeness (QED) is 0.848. The second-order valence-corrected chi connectivity index (χ2v) is 6.47. The molecule has 0 N–H and O–H groups in total. The van der Waals surface area contributed by atoms with Crippen LogP contribution in [0.2, 0.25) is 0 Å². The van der Waals surface area contributed by atoms with Gasteiger partial charge in [-0.3, -0.25) is 9.78 Å². The average Bonchev–Trinajstić information content (AvgIpc) is 2.62. The van der Waals surface area contributed by atoms with E-state index in [1.165, 1.54) is 5.56 Å². The zero-order chi connectivity index (χ0) is 16.8. The van der Waals surface area contributed by atoms with Crippen LogP contribution in [-0.2, 0) is 11.2 Å². The van der Waals surface area contributed by atoms with E-state index in [2.05, 4.69) is 24.0 Å². The number of carbonyl (C=O) groups is 1. The number of hydrogen-bond acceptors (Lipinski definition) is 3. The largest absolute Gasteiger partial charge is 0.493 e. The summed E-state index contributed by atoms with van der Waals surface area (Å²) in [5.74, 6) is 1.46. The summed E-state index contributed by atoms with van der Waals surface area (Å²) in [7, 11) is 0. The summed E-state index contributed by atoms with van der Waals surface area (Å²) in [5.41, 5.74) is 2.06. The van der Waals surface area contributed by atoms with Crippen LogP contribution in [0.15, 0.2) is 48.7 Å². The van der Waals surface area contributed by atoms with Crippen molar-refractivity contribution in [2.45, 2.75) is 26.2 Å². The molecule has 3 rings (SSSR count). The Kier molecular flexibility index (Phi) is 5.47. The van der Waals surface area contributed by atoms with E-state index in [0.29, 0.717) is 18.9 Å². The topological polar surface area (TPSA) is 42.4 Å². The Labute approximate surface area is 143 Å². The molecular formula is C20H24N2O2.